The molecule has 0 amide bonds. The predicted molar refractivity (Wildman–Crippen MR) is 259 cm³/mol. The molecule has 3 heterocycles. The predicted octanol–water partition coefficient (Wildman–Crippen LogP) is 13.2. The van der Waals surface area contributed by atoms with E-state index >= 15 is 0 Å². The van der Waals surface area contributed by atoms with Crippen molar-refractivity contribution < 1.29 is 0 Å². The summed E-state index contributed by atoms with van der Waals surface area (Å²) >= 11 is 0. The van der Waals surface area contributed by atoms with Crippen molar-refractivity contribution in [2.24, 2.45) is 0 Å². The van der Waals surface area contributed by atoms with Crippen LogP contribution in [0.2, 0.25) is 0 Å². The Bertz CT molecular complexity index is 2950. The lowest BCUT2D eigenvalue weighted by Gasteiger charge is -2.48. The highest BCUT2D eigenvalue weighted by molar-refractivity contribution is 7.00. The van der Waals surface area contributed by atoms with Crippen LogP contribution in [0.5, 0.6) is 0 Å². The molecule has 1 aliphatic carbocycles. The molecule has 4 aliphatic rings. The Balaban J connectivity index is 1.17. The highest BCUT2D eigenvalue weighted by Crippen LogP contribution is 2.61. The van der Waals surface area contributed by atoms with Gasteiger partial charge in [0.15, 0.2) is 0 Å². The molecule has 8 aromatic rings. The standard InChI is InChI=1S/C57H48BN3/c1-56-35-17-6-18-36-57(56,2)61(50-27-15-13-25-47(50)56)46-38-53-55-54(39-46)60(45-32-29-42(30-33-45)40-19-7-3-8-20-40)52-34-31-43(41-21-9-4-10-22-41)37-49(52)58(55)48-26-14-16-28-51(48)59(53)44-23-11-5-12-24-44/h3-5,7-16,19-34,37-39H,6,17-18,35-36H2,1-2H3. The fourth-order valence-electron chi connectivity index (χ4n) is 11.7. The van der Waals surface area contributed by atoms with Crippen LogP contribution in [0, 0.1) is 0 Å². The summed E-state index contributed by atoms with van der Waals surface area (Å²) in [6.07, 6.45) is 6.12. The maximum absolute atomic E-state index is 2.77. The van der Waals surface area contributed by atoms with Crippen LogP contribution in [0.15, 0.2) is 194 Å². The van der Waals surface area contributed by atoms with Crippen LogP contribution in [0.1, 0.15) is 51.5 Å². The van der Waals surface area contributed by atoms with Gasteiger partial charge >= 0.3 is 0 Å². The van der Waals surface area contributed by atoms with Gasteiger partial charge in [-0.2, -0.15) is 0 Å². The largest absolute Gasteiger partial charge is 0.334 e. The number of hydrogen-bond donors (Lipinski definition) is 0. The molecular weight excluding hydrogens is 737 g/mol. The third kappa shape index (κ3) is 5.37. The Morgan fingerprint density at radius 2 is 0.918 bits per heavy atom. The van der Waals surface area contributed by atoms with Crippen molar-refractivity contribution in [3.8, 4) is 22.3 Å². The average molecular weight is 786 g/mol. The zero-order valence-corrected chi connectivity index (χ0v) is 34.9. The lowest BCUT2D eigenvalue weighted by atomic mass is 9.33. The summed E-state index contributed by atoms with van der Waals surface area (Å²) in [7, 11) is 0. The monoisotopic (exact) mass is 785 g/mol. The highest BCUT2D eigenvalue weighted by Gasteiger charge is 2.57. The first kappa shape index (κ1) is 36.1. The molecule has 12 rings (SSSR count). The molecule has 3 aliphatic heterocycles. The molecular formula is C57H48BN3. The van der Waals surface area contributed by atoms with E-state index in [1.807, 2.05) is 0 Å². The van der Waals surface area contributed by atoms with E-state index in [0.29, 0.717) is 0 Å². The molecule has 61 heavy (non-hydrogen) atoms. The summed E-state index contributed by atoms with van der Waals surface area (Å²) in [6.45, 7) is 5.15. The van der Waals surface area contributed by atoms with Crippen molar-refractivity contribution in [1.29, 1.82) is 0 Å². The first-order chi connectivity index (χ1) is 30.0. The number of benzene rings is 8. The van der Waals surface area contributed by atoms with Crippen LogP contribution in [0.25, 0.3) is 22.3 Å². The highest BCUT2D eigenvalue weighted by atomic mass is 15.3. The maximum atomic E-state index is 2.77. The van der Waals surface area contributed by atoms with Crippen LogP contribution >= 0.6 is 0 Å². The zero-order valence-electron chi connectivity index (χ0n) is 34.9. The lowest BCUT2D eigenvalue weighted by Crippen LogP contribution is -2.61. The molecule has 3 nitrogen and oxygen atoms in total. The topological polar surface area (TPSA) is 9.72 Å². The van der Waals surface area contributed by atoms with Crippen molar-refractivity contribution in [3.05, 3.63) is 200 Å². The van der Waals surface area contributed by atoms with Gasteiger partial charge in [0.05, 0.1) is 5.54 Å². The van der Waals surface area contributed by atoms with E-state index in [4.69, 9.17) is 0 Å². The molecule has 2 atom stereocenters. The van der Waals surface area contributed by atoms with Gasteiger partial charge in [0.1, 0.15) is 0 Å². The van der Waals surface area contributed by atoms with Crippen molar-refractivity contribution >= 4 is 68.6 Å². The third-order valence-corrected chi connectivity index (χ3v) is 14.8. The molecule has 0 N–H and O–H groups in total. The molecule has 0 radical (unpaired) electrons. The molecule has 0 aromatic heterocycles. The average Bonchev–Trinajstić information content (AvgIpc) is 3.38. The minimum atomic E-state index is -0.100. The first-order valence-electron chi connectivity index (χ1n) is 22.2. The minimum absolute atomic E-state index is 0.0227. The molecule has 294 valence electrons. The minimum Gasteiger partial charge on any atom is -0.334 e. The number of para-hydroxylation sites is 3. The van der Waals surface area contributed by atoms with Gasteiger partial charge in [0.25, 0.3) is 6.71 Å². The van der Waals surface area contributed by atoms with Crippen LogP contribution in [0.3, 0.4) is 0 Å². The van der Waals surface area contributed by atoms with Gasteiger partial charge in [-0.3, -0.25) is 0 Å². The Hall–Kier alpha value is -6.78. The molecule has 1 fully saturated rings. The molecule has 4 heteroatoms. The molecule has 8 aromatic carbocycles. The van der Waals surface area contributed by atoms with Crippen LogP contribution < -0.4 is 31.1 Å². The van der Waals surface area contributed by atoms with E-state index < -0.39 is 0 Å². The summed E-state index contributed by atoms with van der Waals surface area (Å²) < 4.78 is 0. The summed E-state index contributed by atoms with van der Waals surface area (Å²) in [6, 6.07) is 72.7. The number of nitrogens with zero attached hydrogens (tertiary/aromatic N) is 3. The van der Waals surface area contributed by atoms with Gasteiger partial charge < -0.3 is 14.7 Å². The molecule has 0 bridgehead atoms. The summed E-state index contributed by atoms with van der Waals surface area (Å²) in [5.41, 5.74) is 20.2. The van der Waals surface area contributed by atoms with Gasteiger partial charge in [-0.25, -0.2) is 0 Å². The summed E-state index contributed by atoms with van der Waals surface area (Å²) in [5, 5.41) is 0. The Morgan fingerprint density at radius 1 is 0.393 bits per heavy atom. The number of hydrogen-bond acceptors (Lipinski definition) is 3. The summed E-state index contributed by atoms with van der Waals surface area (Å²) in [5.74, 6) is 0. The van der Waals surface area contributed by atoms with Gasteiger partial charge in [-0.05, 0) is 119 Å². The van der Waals surface area contributed by atoms with Gasteiger partial charge in [0.2, 0.25) is 0 Å². The fraction of sp³-hybridized carbons (Fsp3) is 0.158. The first-order valence-corrected chi connectivity index (χ1v) is 22.2. The van der Waals surface area contributed by atoms with E-state index in [2.05, 4.69) is 223 Å². The SMILES string of the molecule is CC12CCCCCC1(C)N(c1cc3c4c(c1)N(c1ccc(-c5ccccc5)cc1)c1ccc(-c5ccccc5)cc1B4c1ccccc1N3c1ccccc1)c1ccccc12. The van der Waals surface area contributed by atoms with Crippen molar-refractivity contribution in [3.63, 3.8) is 0 Å². The molecule has 2 unspecified atom stereocenters. The van der Waals surface area contributed by atoms with Crippen LogP contribution in [-0.2, 0) is 5.41 Å². The van der Waals surface area contributed by atoms with Crippen LogP contribution in [0.4, 0.5) is 45.5 Å². The zero-order chi connectivity index (χ0) is 40.7. The van der Waals surface area contributed by atoms with Crippen molar-refractivity contribution in [2.45, 2.75) is 56.9 Å². The summed E-state index contributed by atoms with van der Waals surface area (Å²) in [4.78, 5) is 7.90. The van der Waals surface area contributed by atoms with Crippen molar-refractivity contribution in [1.82, 2.24) is 0 Å². The lowest BCUT2D eigenvalue weighted by molar-refractivity contribution is 0.261. The van der Waals surface area contributed by atoms with Crippen molar-refractivity contribution in [2.75, 3.05) is 14.7 Å². The second-order valence-electron chi connectivity index (χ2n) is 18.0. The molecule has 0 spiro atoms. The normalized spacial score (nSPS) is 19.6. The number of fused-ring (bicyclic) bond motifs is 7. The maximum Gasteiger partial charge on any atom is 0.252 e. The Kier molecular flexibility index (Phi) is 8.22. The van der Waals surface area contributed by atoms with Gasteiger partial charge in [0, 0.05) is 50.9 Å². The Morgan fingerprint density at radius 3 is 1.62 bits per heavy atom. The number of anilines is 8. The second-order valence-corrected chi connectivity index (χ2v) is 18.0. The smallest absolute Gasteiger partial charge is 0.252 e. The van der Waals surface area contributed by atoms with E-state index in [1.54, 1.807) is 0 Å². The van der Waals surface area contributed by atoms with E-state index in [9.17, 15) is 0 Å². The van der Waals surface area contributed by atoms with E-state index in [-0.39, 0.29) is 17.7 Å². The van der Waals surface area contributed by atoms with E-state index in [1.165, 1.54) is 110 Å². The quantitative estimate of drug-likeness (QED) is 0.161. The van der Waals surface area contributed by atoms with Gasteiger partial charge in [-0.15, -0.1) is 0 Å². The Labute approximate surface area is 360 Å². The van der Waals surface area contributed by atoms with Gasteiger partial charge in [-0.1, -0.05) is 166 Å². The fourth-order valence-corrected chi connectivity index (χ4v) is 11.7. The number of rotatable bonds is 5. The third-order valence-electron chi connectivity index (χ3n) is 14.8. The second kappa shape index (κ2) is 13.9. The van der Waals surface area contributed by atoms with E-state index in [0.717, 1.165) is 12.1 Å². The molecule has 0 saturated heterocycles. The molecule has 1 saturated carbocycles. The van der Waals surface area contributed by atoms with Crippen LogP contribution in [-0.4, -0.2) is 12.3 Å².